The quantitative estimate of drug-likeness (QED) is 0.550. The Hall–Kier alpha value is 0.759. The molecule has 6 heavy (non-hydrogen) atoms. The van der Waals surface area contributed by atoms with Gasteiger partial charge in [-0.1, -0.05) is 0 Å². The molecule has 0 spiro atoms. The summed E-state index contributed by atoms with van der Waals surface area (Å²) < 4.78 is 5.11. The molecule has 0 unspecified atom stereocenters. The van der Waals surface area contributed by atoms with Crippen LogP contribution in [0.15, 0.2) is 0 Å². The van der Waals surface area contributed by atoms with Gasteiger partial charge in [-0.05, 0) is 0 Å². The van der Waals surface area contributed by atoms with Crippen LogP contribution in [0.25, 0.3) is 0 Å². The maximum atomic E-state index is 4.98. The average molecular weight is 192 g/mol. The van der Waals surface area contributed by atoms with E-state index in [1.54, 1.807) is 7.11 Å². The Morgan fingerprint density at radius 1 is 1.50 bits per heavy atom. The zero-order valence-corrected chi connectivity index (χ0v) is 7.26. The second kappa shape index (κ2) is 2.17. The van der Waals surface area contributed by atoms with E-state index in [4.69, 9.17) is 4.74 Å². The summed E-state index contributed by atoms with van der Waals surface area (Å²) in [6.07, 6.45) is 0. The van der Waals surface area contributed by atoms with Gasteiger partial charge in [0.2, 0.25) is 0 Å². The average Bonchev–Trinajstić information content (AvgIpc) is 1.35. The Morgan fingerprint density at radius 3 is 1.67 bits per heavy atom. The van der Waals surface area contributed by atoms with Crippen LogP contribution in [-0.4, -0.2) is 33.3 Å². The molecule has 0 atom stereocenters. The van der Waals surface area contributed by atoms with Crippen molar-refractivity contribution < 1.29 is 4.74 Å². The van der Waals surface area contributed by atoms with Crippen LogP contribution in [0.1, 0.15) is 13.8 Å². The Morgan fingerprint density at radius 2 is 1.67 bits per heavy atom. The molecule has 0 amide bonds. The van der Waals surface area contributed by atoms with E-state index >= 15 is 0 Å². The van der Waals surface area contributed by atoms with E-state index < -0.39 is 0 Å². The minimum absolute atomic E-state index is 0.132. The number of hydrogen-bond donors (Lipinski definition) is 0. The monoisotopic (exact) mass is 193 g/mol. The fraction of sp³-hybridized carbons (Fsp3) is 1.00. The van der Waals surface area contributed by atoms with E-state index in [-0.39, 0.29) is 3.62 Å². The zero-order valence-electron chi connectivity index (χ0n) is 4.41. The Balaban J connectivity index is 3.17. The van der Waals surface area contributed by atoms with Crippen molar-refractivity contribution in [1.29, 1.82) is 0 Å². The molecule has 1 nitrogen and oxygen atoms in total. The molecule has 0 saturated heterocycles. The van der Waals surface area contributed by atoms with Gasteiger partial charge in [0.05, 0.1) is 0 Å². The number of hydrogen-bond acceptors (Lipinski definition) is 1. The summed E-state index contributed by atoms with van der Waals surface area (Å²) in [5.41, 5.74) is 0. The fourth-order valence-electron chi connectivity index (χ4n) is 0. The van der Waals surface area contributed by atoms with Gasteiger partial charge in [-0.2, -0.15) is 0 Å². The Kier molecular flexibility index (Phi) is 2.44. The van der Waals surface area contributed by atoms with Crippen LogP contribution in [0.2, 0.25) is 0 Å². The molecule has 0 saturated carbocycles. The van der Waals surface area contributed by atoms with Crippen molar-refractivity contribution in [3.63, 3.8) is 0 Å². The summed E-state index contributed by atoms with van der Waals surface area (Å²) in [6, 6.07) is 0. The van der Waals surface area contributed by atoms with Gasteiger partial charge < -0.3 is 0 Å². The van der Waals surface area contributed by atoms with Crippen molar-refractivity contribution in [1.82, 2.24) is 0 Å². The van der Waals surface area contributed by atoms with Crippen molar-refractivity contribution in [3.8, 4) is 0 Å². The standard InChI is InChI=1S/C4H9O.Sn/c1-4(2)5-3;/h1-3H3;. The van der Waals surface area contributed by atoms with Crippen LogP contribution in [-0.2, 0) is 4.74 Å². The molecule has 2 heteroatoms. The molecule has 0 aromatic heterocycles. The molecule has 0 aliphatic carbocycles. The van der Waals surface area contributed by atoms with Crippen molar-refractivity contribution in [2.24, 2.45) is 0 Å². The Bertz CT molecular complexity index is 37.3. The van der Waals surface area contributed by atoms with Crippen molar-refractivity contribution in [2.75, 3.05) is 7.11 Å². The maximum absolute atomic E-state index is 4.98. The van der Waals surface area contributed by atoms with Gasteiger partial charge in [0.15, 0.2) is 0 Å². The number of rotatable bonds is 1. The van der Waals surface area contributed by atoms with Gasteiger partial charge >= 0.3 is 51.8 Å². The van der Waals surface area contributed by atoms with Gasteiger partial charge in [0.25, 0.3) is 0 Å². The predicted molar refractivity (Wildman–Crippen MR) is 26.8 cm³/mol. The van der Waals surface area contributed by atoms with Crippen molar-refractivity contribution >= 4 is 22.5 Å². The molecule has 0 N–H and O–H groups in total. The normalized spacial score (nSPS) is 12.0. The first-order valence-electron chi connectivity index (χ1n) is 1.86. The summed E-state index contributed by atoms with van der Waals surface area (Å²) in [5.74, 6) is 0. The van der Waals surface area contributed by atoms with Crippen LogP contribution in [0.4, 0.5) is 0 Å². The molecule has 3 radical (unpaired) electrons. The summed E-state index contributed by atoms with van der Waals surface area (Å²) >= 11 is 1.43. The molecular formula is C4H9OSn. The van der Waals surface area contributed by atoms with E-state index in [1.807, 2.05) is 0 Å². The van der Waals surface area contributed by atoms with E-state index in [9.17, 15) is 0 Å². The van der Waals surface area contributed by atoms with Crippen molar-refractivity contribution in [3.05, 3.63) is 0 Å². The number of ether oxygens (including phenoxy) is 1. The fourth-order valence-corrected chi connectivity index (χ4v) is 0. The van der Waals surface area contributed by atoms with E-state index in [2.05, 4.69) is 13.8 Å². The molecule has 0 rings (SSSR count). The third-order valence-corrected chi connectivity index (χ3v) is 1.09. The van der Waals surface area contributed by atoms with Crippen molar-refractivity contribution in [2.45, 2.75) is 17.5 Å². The van der Waals surface area contributed by atoms with Crippen LogP contribution >= 0.6 is 0 Å². The summed E-state index contributed by atoms with van der Waals surface area (Å²) in [7, 11) is 1.73. The molecule has 0 aliphatic heterocycles. The van der Waals surface area contributed by atoms with Gasteiger partial charge in [0.1, 0.15) is 0 Å². The van der Waals surface area contributed by atoms with Crippen LogP contribution in [0.5, 0.6) is 0 Å². The summed E-state index contributed by atoms with van der Waals surface area (Å²) in [5, 5.41) is 0. The third kappa shape index (κ3) is 4.76. The van der Waals surface area contributed by atoms with Gasteiger partial charge in [-0.25, -0.2) is 0 Å². The molecule has 0 aromatic carbocycles. The predicted octanol–water partition coefficient (Wildman–Crippen LogP) is 0.537. The van der Waals surface area contributed by atoms with Gasteiger partial charge in [-0.15, -0.1) is 0 Å². The second-order valence-corrected chi connectivity index (χ2v) is 5.15. The van der Waals surface area contributed by atoms with E-state index in [1.165, 1.54) is 22.5 Å². The molecule has 0 fully saturated rings. The molecular weight excluding hydrogens is 183 g/mol. The molecule has 0 aliphatic rings. The first-order chi connectivity index (χ1) is 2.56. The minimum atomic E-state index is 0.132. The summed E-state index contributed by atoms with van der Waals surface area (Å²) in [6.45, 7) is 4.12. The SMILES string of the molecule is CO[C](C)(C)[Sn]. The third-order valence-electron chi connectivity index (χ3n) is 0.510. The molecule has 0 bridgehead atoms. The number of methoxy groups -OCH3 is 1. The molecule has 0 aromatic rings. The van der Waals surface area contributed by atoms with Gasteiger partial charge in [0, 0.05) is 0 Å². The first-order valence-corrected chi connectivity index (χ1v) is 3.29. The molecule has 0 heterocycles. The molecule has 35 valence electrons. The van der Waals surface area contributed by atoms with E-state index in [0.29, 0.717) is 0 Å². The second-order valence-electron chi connectivity index (χ2n) is 1.71. The van der Waals surface area contributed by atoms with Crippen LogP contribution in [0, 0.1) is 0 Å². The van der Waals surface area contributed by atoms with Crippen LogP contribution in [0.3, 0.4) is 0 Å². The van der Waals surface area contributed by atoms with Crippen LogP contribution < -0.4 is 0 Å². The van der Waals surface area contributed by atoms with E-state index in [0.717, 1.165) is 0 Å². The zero-order chi connectivity index (χ0) is 5.21. The Labute approximate surface area is 52.2 Å². The summed E-state index contributed by atoms with van der Waals surface area (Å²) in [4.78, 5) is 0. The van der Waals surface area contributed by atoms with Gasteiger partial charge in [-0.3, -0.25) is 0 Å². The first kappa shape index (κ1) is 6.76. The topological polar surface area (TPSA) is 9.23 Å².